The average molecular weight is 386 g/mol. The van der Waals surface area contributed by atoms with Gasteiger partial charge in [0.2, 0.25) is 16.0 Å². The van der Waals surface area contributed by atoms with Crippen LogP contribution in [0.25, 0.3) is 11.0 Å². The Balaban J connectivity index is 1.50. The number of anilines is 1. The molecule has 0 unspecified atom stereocenters. The first kappa shape index (κ1) is 17.8. The van der Waals surface area contributed by atoms with Gasteiger partial charge in [-0.2, -0.15) is 4.31 Å². The molecule has 0 bridgehead atoms. The summed E-state index contributed by atoms with van der Waals surface area (Å²) in [5, 5.41) is 0. The lowest BCUT2D eigenvalue weighted by atomic mass is 10.2. The number of rotatable bonds is 4. The molecule has 0 radical (unpaired) electrons. The van der Waals surface area contributed by atoms with Gasteiger partial charge in [0.05, 0.1) is 23.0 Å². The van der Waals surface area contributed by atoms with Gasteiger partial charge < -0.3 is 14.6 Å². The lowest BCUT2D eigenvalue weighted by Crippen LogP contribution is -2.49. The SMILES string of the molecule is COc1ccc(S(=O)(=O)N2CCN(c3nc4ccccc4[nH]3)CC2)cc1C. The molecule has 1 aliphatic heterocycles. The normalized spacial score (nSPS) is 16.0. The summed E-state index contributed by atoms with van der Waals surface area (Å²) >= 11 is 0. The highest BCUT2D eigenvalue weighted by atomic mass is 32.2. The Morgan fingerprint density at radius 2 is 1.81 bits per heavy atom. The number of H-pyrrole nitrogens is 1. The van der Waals surface area contributed by atoms with E-state index < -0.39 is 10.0 Å². The third kappa shape index (κ3) is 3.26. The highest BCUT2D eigenvalue weighted by molar-refractivity contribution is 7.89. The van der Waals surface area contributed by atoms with E-state index >= 15 is 0 Å². The molecule has 1 fully saturated rings. The van der Waals surface area contributed by atoms with E-state index in [0.29, 0.717) is 36.8 Å². The van der Waals surface area contributed by atoms with E-state index in [1.165, 1.54) is 4.31 Å². The molecule has 8 heteroatoms. The summed E-state index contributed by atoms with van der Waals surface area (Å²) in [6.45, 7) is 3.87. The van der Waals surface area contributed by atoms with Gasteiger partial charge in [-0.3, -0.25) is 0 Å². The molecular formula is C19H22N4O3S. The van der Waals surface area contributed by atoms with Crippen molar-refractivity contribution in [1.29, 1.82) is 0 Å². The van der Waals surface area contributed by atoms with Crippen molar-refractivity contribution in [3.8, 4) is 5.75 Å². The second kappa shape index (κ2) is 6.86. The standard InChI is InChI=1S/C19H22N4O3S/c1-14-13-15(7-8-18(14)26-2)27(24,25)23-11-9-22(10-12-23)19-20-16-5-3-4-6-17(16)21-19/h3-8,13H,9-12H2,1-2H3,(H,20,21). The van der Waals surface area contributed by atoms with E-state index in [-0.39, 0.29) is 0 Å². The van der Waals surface area contributed by atoms with E-state index in [2.05, 4.69) is 14.9 Å². The average Bonchev–Trinajstić information content (AvgIpc) is 3.12. The molecule has 4 rings (SSSR count). The molecule has 0 aliphatic carbocycles. The Morgan fingerprint density at radius 3 is 2.48 bits per heavy atom. The molecule has 7 nitrogen and oxygen atoms in total. The zero-order chi connectivity index (χ0) is 19.0. The number of ether oxygens (including phenoxy) is 1. The number of methoxy groups -OCH3 is 1. The van der Waals surface area contributed by atoms with Crippen molar-refractivity contribution in [2.24, 2.45) is 0 Å². The lowest BCUT2D eigenvalue weighted by Gasteiger charge is -2.33. The molecular weight excluding hydrogens is 364 g/mol. The van der Waals surface area contributed by atoms with Crippen molar-refractivity contribution in [3.05, 3.63) is 48.0 Å². The van der Waals surface area contributed by atoms with Crippen LogP contribution in [0.2, 0.25) is 0 Å². The number of aryl methyl sites for hydroxylation is 1. The Kier molecular flexibility index (Phi) is 4.53. The third-order valence-electron chi connectivity index (χ3n) is 4.92. The molecule has 0 saturated carbocycles. The van der Waals surface area contributed by atoms with Crippen LogP contribution in [0.4, 0.5) is 5.95 Å². The summed E-state index contributed by atoms with van der Waals surface area (Å²) in [5.41, 5.74) is 2.70. The fourth-order valence-electron chi connectivity index (χ4n) is 3.39. The number of aromatic amines is 1. The summed E-state index contributed by atoms with van der Waals surface area (Å²) < 4.78 is 32.7. The predicted molar refractivity (Wildman–Crippen MR) is 105 cm³/mol. The second-order valence-electron chi connectivity index (χ2n) is 6.60. The van der Waals surface area contributed by atoms with Gasteiger partial charge in [-0.15, -0.1) is 0 Å². The van der Waals surface area contributed by atoms with Crippen LogP contribution in [0, 0.1) is 6.92 Å². The number of imidazole rings is 1. The van der Waals surface area contributed by atoms with Gasteiger partial charge in [0, 0.05) is 26.2 Å². The molecule has 27 heavy (non-hydrogen) atoms. The van der Waals surface area contributed by atoms with Crippen LogP contribution < -0.4 is 9.64 Å². The van der Waals surface area contributed by atoms with Crippen molar-refractivity contribution in [2.45, 2.75) is 11.8 Å². The van der Waals surface area contributed by atoms with Crippen LogP contribution in [-0.4, -0.2) is 56.0 Å². The topological polar surface area (TPSA) is 78.5 Å². The maximum Gasteiger partial charge on any atom is 0.243 e. The molecule has 0 atom stereocenters. The fourth-order valence-corrected chi connectivity index (χ4v) is 4.90. The highest BCUT2D eigenvalue weighted by Crippen LogP contribution is 2.25. The molecule has 3 aromatic rings. The number of nitrogens with one attached hydrogen (secondary N) is 1. The van der Waals surface area contributed by atoms with Crippen molar-refractivity contribution in [1.82, 2.24) is 14.3 Å². The Bertz CT molecular complexity index is 1040. The number of piperazine rings is 1. The van der Waals surface area contributed by atoms with E-state index in [1.807, 2.05) is 31.2 Å². The van der Waals surface area contributed by atoms with Crippen molar-refractivity contribution >= 4 is 27.0 Å². The second-order valence-corrected chi connectivity index (χ2v) is 8.54. The van der Waals surface area contributed by atoms with Gasteiger partial charge in [0.25, 0.3) is 0 Å². The van der Waals surface area contributed by atoms with Crippen LogP contribution in [0.1, 0.15) is 5.56 Å². The maximum atomic E-state index is 13.0. The van der Waals surface area contributed by atoms with Crippen LogP contribution in [0.5, 0.6) is 5.75 Å². The van der Waals surface area contributed by atoms with Crippen LogP contribution in [0.3, 0.4) is 0 Å². The van der Waals surface area contributed by atoms with Crippen LogP contribution >= 0.6 is 0 Å². The number of nitrogens with zero attached hydrogens (tertiary/aromatic N) is 3. The van der Waals surface area contributed by atoms with Gasteiger partial charge in [0.15, 0.2) is 0 Å². The summed E-state index contributed by atoms with van der Waals surface area (Å²) in [6, 6.07) is 12.8. The summed E-state index contributed by atoms with van der Waals surface area (Å²) in [5.74, 6) is 1.47. The molecule has 0 amide bonds. The zero-order valence-corrected chi connectivity index (χ0v) is 16.2. The van der Waals surface area contributed by atoms with E-state index in [0.717, 1.165) is 22.5 Å². The van der Waals surface area contributed by atoms with E-state index in [1.54, 1.807) is 25.3 Å². The molecule has 1 N–H and O–H groups in total. The first-order valence-electron chi connectivity index (χ1n) is 8.83. The lowest BCUT2D eigenvalue weighted by molar-refractivity contribution is 0.382. The van der Waals surface area contributed by atoms with Gasteiger partial charge >= 0.3 is 0 Å². The first-order valence-corrected chi connectivity index (χ1v) is 10.3. The van der Waals surface area contributed by atoms with Gasteiger partial charge in [-0.1, -0.05) is 12.1 Å². The van der Waals surface area contributed by atoms with Gasteiger partial charge in [0.1, 0.15) is 5.75 Å². The summed E-state index contributed by atoms with van der Waals surface area (Å²) in [7, 11) is -1.94. The number of para-hydroxylation sites is 2. The van der Waals surface area contributed by atoms with Gasteiger partial charge in [-0.25, -0.2) is 13.4 Å². The van der Waals surface area contributed by atoms with Crippen molar-refractivity contribution in [2.75, 3.05) is 38.2 Å². The third-order valence-corrected chi connectivity index (χ3v) is 6.81. The predicted octanol–water partition coefficient (Wildman–Crippen LogP) is 2.39. The number of sulfonamides is 1. The minimum absolute atomic E-state index is 0.304. The summed E-state index contributed by atoms with van der Waals surface area (Å²) in [4.78, 5) is 10.3. The van der Waals surface area contributed by atoms with E-state index in [4.69, 9.17) is 4.74 Å². The Labute approximate surface area is 158 Å². The number of aromatic nitrogens is 2. The van der Waals surface area contributed by atoms with Gasteiger partial charge in [-0.05, 0) is 42.8 Å². The molecule has 0 spiro atoms. The molecule has 1 aromatic heterocycles. The minimum Gasteiger partial charge on any atom is -0.496 e. The first-order chi connectivity index (χ1) is 13.0. The Hall–Kier alpha value is -2.58. The zero-order valence-electron chi connectivity index (χ0n) is 15.3. The number of hydrogen-bond acceptors (Lipinski definition) is 5. The largest absolute Gasteiger partial charge is 0.496 e. The smallest absolute Gasteiger partial charge is 0.243 e. The van der Waals surface area contributed by atoms with Crippen LogP contribution in [0.15, 0.2) is 47.4 Å². The highest BCUT2D eigenvalue weighted by Gasteiger charge is 2.29. The fraction of sp³-hybridized carbons (Fsp3) is 0.316. The molecule has 1 saturated heterocycles. The minimum atomic E-state index is -3.52. The summed E-state index contributed by atoms with van der Waals surface area (Å²) in [6.07, 6.45) is 0. The molecule has 2 aromatic carbocycles. The Morgan fingerprint density at radius 1 is 1.07 bits per heavy atom. The number of fused-ring (bicyclic) bond motifs is 1. The van der Waals surface area contributed by atoms with Crippen molar-refractivity contribution in [3.63, 3.8) is 0 Å². The number of hydrogen-bond donors (Lipinski definition) is 1. The molecule has 2 heterocycles. The monoisotopic (exact) mass is 386 g/mol. The number of benzene rings is 2. The van der Waals surface area contributed by atoms with Crippen LogP contribution in [-0.2, 0) is 10.0 Å². The maximum absolute atomic E-state index is 13.0. The quantitative estimate of drug-likeness (QED) is 0.745. The molecule has 1 aliphatic rings. The van der Waals surface area contributed by atoms with E-state index in [9.17, 15) is 8.42 Å². The van der Waals surface area contributed by atoms with Crippen molar-refractivity contribution < 1.29 is 13.2 Å². The molecule has 142 valence electrons.